The van der Waals surface area contributed by atoms with Crippen LogP contribution < -0.4 is 0 Å². The molecule has 1 aromatic rings. The maximum absolute atomic E-state index is 11.7. The number of aromatic nitrogens is 1. The van der Waals surface area contributed by atoms with Crippen LogP contribution in [0.15, 0.2) is 24.5 Å². The highest BCUT2D eigenvalue weighted by molar-refractivity contribution is 5.76. The van der Waals surface area contributed by atoms with Gasteiger partial charge in [0.1, 0.15) is 0 Å². The third kappa shape index (κ3) is 2.77. The van der Waals surface area contributed by atoms with E-state index in [9.17, 15) is 4.79 Å². The van der Waals surface area contributed by atoms with Gasteiger partial charge < -0.3 is 9.30 Å². The molecule has 0 amide bonds. The zero-order valence-corrected chi connectivity index (χ0v) is 11.4. The number of rotatable bonds is 7. The Bertz CT molecular complexity index is 385. The average Bonchev–Trinajstić information content (AvgIpc) is 2.85. The maximum atomic E-state index is 11.7. The Morgan fingerprint density at radius 2 is 2.11 bits per heavy atom. The predicted octanol–water partition coefficient (Wildman–Crippen LogP) is 3.25. The number of hydrogen-bond donors (Lipinski definition) is 0. The van der Waals surface area contributed by atoms with E-state index in [0.29, 0.717) is 6.61 Å². The monoisotopic (exact) mass is 249 g/mol. The summed E-state index contributed by atoms with van der Waals surface area (Å²) in [6.45, 7) is 5.61. The molecule has 0 aromatic carbocycles. The highest BCUT2D eigenvalue weighted by Crippen LogP contribution is 2.58. The molecule has 100 valence electrons. The Labute approximate surface area is 109 Å². The smallest absolute Gasteiger partial charge is 0.309 e. The Hall–Kier alpha value is -1.25. The SMILES string of the molecule is CCOC(=O)C1CC1(CC)CCCn1cccc1. The molecule has 1 aliphatic carbocycles. The minimum absolute atomic E-state index is 0.0142. The fraction of sp³-hybridized carbons (Fsp3) is 0.667. The lowest BCUT2D eigenvalue weighted by molar-refractivity contribution is -0.145. The van der Waals surface area contributed by atoms with Gasteiger partial charge in [0.15, 0.2) is 0 Å². The molecule has 3 heteroatoms. The van der Waals surface area contributed by atoms with Crippen LogP contribution in [0.1, 0.15) is 39.5 Å². The van der Waals surface area contributed by atoms with E-state index in [2.05, 4.69) is 23.9 Å². The van der Waals surface area contributed by atoms with Crippen LogP contribution >= 0.6 is 0 Å². The molecule has 18 heavy (non-hydrogen) atoms. The van der Waals surface area contributed by atoms with Gasteiger partial charge in [-0.2, -0.15) is 0 Å². The van der Waals surface area contributed by atoms with Gasteiger partial charge in [0, 0.05) is 18.9 Å². The van der Waals surface area contributed by atoms with Gasteiger partial charge in [0.2, 0.25) is 0 Å². The molecule has 2 rings (SSSR count). The summed E-state index contributed by atoms with van der Waals surface area (Å²) in [5.41, 5.74) is 0.236. The second kappa shape index (κ2) is 5.59. The van der Waals surface area contributed by atoms with Gasteiger partial charge in [-0.25, -0.2) is 0 Å². The largest absolute Gasteiger partial charge is 0.466 e. The average molecular weight is 249 g/mol. The lowest BCUT2D eigenvalue weighted by Crippen LogP contribution is -2.14. The highest BCUT2D eigenvalue weighted by atomic mass is 16.5. The number of ether oxygens (including phenoxy) is 1. The Morgan fingerprint density at radius 3 is 2.72 bits per heavy atom. The van der Waals surface area contributed by atoms with Crippen molar-refractivity contribution in [1.29, 1.82) is 0 Å². The zero-order valence-electron chi connectivity index (χ0n) is 11.4. The summed E-state index contributed by atoms with van der Waals surface area (Å²) >= 11 is 0. The number of aryl methyl sites for hydroxylation is 1. The van der Waals surface area contributed by atoms with E-state index < -0.39 is 0 Å². The van der Waals surface area contributed by atoms with Gasteiger partial charge in [-0.05, 0) is 50.2 Å². The Balaban J connectivity index is 1.78. The normalized spacial score (nSPS) is 26.0. The molecule has 1 fully saturated rings. The molecule has 0 bridgehead atoms. The lowest BCUT2D eigenvalue weighted by Gasteiger charge is -2.14. The molecular formula is C15H23NO2. The third-order valence-corrected chi connectivity index (χ3v) is 4.22. The van der Waals surface area contributed by atoms with E-state index in [4.69, 9.17) is 4.74 Å². The number of hydrogen-bond acceptors (Lipinski definition) is 2. The first-order valence-electron chi connectivity index (χ1n) is 6.99. The summed E-state index contributed by atoms with van der Waals surface area (Å²) in [6, 6.07) is 4.10. The van der Waals surface area contributed by atoms with Crippen LogP contribution in [0.4, 0.5) is 0 Å². The molecule has 2 atom stereocenters. The van der Waals surface area contributed by atoms with Crippen molar-refractivity contribution in [3.63, 3.8) is 0 Å². The molecule has 0 spiro atoms. The summed E-state index contributed by atoms with van der Waals surface area (Å²) in [4.78, 5) is 11.7. The number of nitrogens with zero attached hydrogens (tertiary/aromatic N) is 1. The predicted molar refractivity (Wildman–Crippen MR) is 71.1 cm³/mol. The molecule has 0 saturated heterocycles. The topological polar surface area (TPSA) is 31.2 Å². The van der Waals surface area contributed by atoms with E-state index >= 15 is 0 Å². The van der Waals surface area contributed by atoms with Gasteiger partial charge in [0.05, 0.1) is 12.5 Å². The Kier molecular flexibility index (Phi) is 4.10. The highest BCUT2D eigenvalue weighted by Gasteiger charge is 2.56. The van der Waals surface area contributed by atoms with Crippen LogP contribution in [0.5, 0.6) is 0 Å². The molecule has 3 nitrogen and oxygen atoms in total. The van der Waals surface area contributed by atoms with Crippen LogP contribution in [0.3, 0.4) is 0 Å². The van der Waals surface area contributed by atoms with Crippen LogP contribution in [0.2, 0.25) is 0 Å². The third-order valence-electron chi connectivity index (χ3n) is 4.22. The molecule has 0 N–H and O–H groups in total. The van der Waals surface area contributed by atoms with E-state index in [1.165, 1.54) is 0 Å². The summed E-state index contributed by atoms with van der Waals surface area (Å²) in [5.74, 6) is 0.174. The molecule has 0 aliphatic heterocycles. The summed E-state index contributed by atoms with van der Waals surface area (Å²) in [6.07, 6.45) is 8.56. The molecular weight excluding hydrogens is 226 g/mol. The Morgan fingerprint density at radius 1 is 1.39 bits per heavy atom. The number of carbonyl (C=O) groups is 1. The molecule has 1 aromatic heterocycles. The fourth-order valence-electron chi connectivity index (χ4n) is 2.90. The van der Waals surface area contributed by atoms with Gasteiger partial charge >= 0.3 is 5.97 Å². The van der Waals surface area contributed by atoms with Gasteiger partial charge in [0.25, 0.3) is 0 Å². The fourth-order valence-corrected chi connectivity index (χ4v) is 2.90. The first-order chi connectivity index (χ1) is 8.72. The second-order valence-electron chi connectivity index (χ2n) is 5.25. The lowest BCUT2D eigenvalue weighted by atomic mass is 9.94. The zero-order chi connectivity index (χ0) is 13.0. The van der Waals surface area contributed by atoms with Crippen molar-refractivity contribution in [3.05, 3.63) is 24.5 Å². The summed E-state index contributed by atoms with van der Waals surface area (Å²) < 4.78 is 7.33. The number of esters is 1. The van der Waals surface area contributed by atoms with Crippen molar-refractivity contribution >= 4 is 5.97 Å². The van der Waals surface area contributed by atoms with Crippen LogP contribution in [0.25, 0.3) is 0 Å². The van der Waals surface area contributed by atoms with Crippen molar-refractivity contribution < 1.29 is 9.53 Å². The van der Waals surface area contributed by atoms with Crippen molar-refractivity contribution in [1.82, 2.24) is 4.57 Å². The van der Waals surface area contributed by atoms with Crippen LogP contribution in [-0.4, -0.2) is 17.1 Å². The first kappa shape index (κ1) is 13.2. The molecule has 2 unspecified atom stereocenters. The summed E-state index contributed by atoms with van der Waals surface area (Å²) in [5, 5.41) is 0. The van der Waals surface area contributed by atoms with Crippen LogP contribution in [0, 0.1) is 11.3 Å². The minimum atomic E-state index is 0.0142. The van der Waals surface area contributed by atoms with Crippen molar-refractivity contribution in [3.8, 4) is 0 Å². The molecule has 1 aliphatic rings. The van der Waals surface area contributed by atoms with Crippen molar-refractivity contribution in [2.24, 2.45) is 11.3 Å². The van der Waals surface area contributed by atoms with Gasteiger partial charge in [-0.15, -0.1) is 0 Å². The standard InChI is InChI=1S/C15H23NO2/c1-3-15(12-13(15)14(17)18-4-2)8-7-11-16-9-5-6-10-16/h5-6,9-10,13H,3-4,7-8,11-12H2,1-2H3. The van der Waals surface area contributed by atoms with E-state index in [1.807, 2.05) is 19.1 Å². The molecule has 1 heterocycles. The van der Waals surface area contributed by atoms with Crippen molar-refractivity contribution in [2.45, 2.75) is 46.1 Å². The minimum Gasteiger partial charge on any atom is -0.466 e. The molecule has 1 saturated carbocycles. The summed E-state index contributed by atoms with van der Waals surface area (Å²) in [7, 11) is 0. The quantitative estimate of drug-likeness (QED) is 0.695. The molecule has 0 radical (unpaired) electrons. The van der Waals surface area contributed by atoms with E-state index in [-0.39, 0.29) is 17.3 Å². The van der Waals surface area contributed by atoms with Crippen molar-refractivity contribution in [2.75, 3.05) is 6.61 Å². The van der Waals surface area contributed by atoms with E-state index in [0.717, 1.165) is 32.2 Å². The van der Waals surface area contributed by atoms with Crippen LogP contribution in [-0.2, 0) is 16.1 Å². The second-order valence-corrected chi connectivity index (χ2v) is 5.25. The van der Waals surface area contributed by atoms with E-state index in [1.54, 1.807) is 0 Å². The number of carbonyl (C=O) groups excluding carboxylic acids is 1. The van der Waals surface area contributed by atoms with Gasteiger partial charge in [-0.3, -0.25) is 4.79 Å². The van der Waals surface area contributed by atoms with Gasteiger partial charge in [-0.1, -0.05) is 6.92 Å². The first-order valence-corrected chi connectivity index (χ1v) is 6.99. The maximum Gasteiger partial charge on any atom is 0.309 e.